The Morgan fingerprint density at radius 1 is 0.903 bits per heavy atom. The van der Waals surface area contributed by atoms with E-state index in [1.54, 1.807) is 24.3 Å². The fourth-order valence-electron chi connectivity index (χ4n) is 3.30. The Bertz CT molecular complexity index is 1270. The summed E-state index contributed by atoms with van der Waals surface area (Å²) < 4.78 is 16.6. The number of esters is 1. The molecular weight excluding hydrogens is 392 g/mol. The van der Waals surface area contributed by atoms with Crippen molar-refractivity contribution in [1.82, 2.24) is 0 Å². The molecule has 1 heterocycles. The third-order valence-corrected chi connectivity index (χ3v) is 5.21. The predicted octanol–water partition coefficient (Wildman–Crippen LogP) is 5.35. The summed E-state index contributed by atoms with van der Waals surface area (Å²) in [6, 6.07) is 21.8. The summed E-state index contributed by atoms with van der Waals surface area (Å²) in [5.74, 6) is 0.192. The van der Waals surface area contributed by atoms with Crippen LogP contribution in [0.4, 0.5) is 0 Å². The van der Waals surface area contributed by atoms with E-state index in [2.05, 4.69) is 0 Å². The van der Waals surface area contributed by atoms with Gasteiger partial charge in [-0.3, -0.25) is 0 Å². The Morgan fingerprint density at radius 2 is 1.65 bits per heavy atom. The lowest BCUT2D eigenvalue weighted by molar-refractivity contribution is 0.0474. The highest BCUT2D eigenvalue weighted by molar-refractivity contribution is 5.90. The molecule has 0 aliphatic heterocycles. The van der Waals surface area contributed by atoms with Crippen LogP contribution in [0, 0.1) is 13.8 Å². The molecule has 0 atom stereocenters. The largest absolute Gasteiger partial charge is 0.489 e. The van der Waals surface area contributed by atoms with Gasteiger partial charge in [0.25, 0.3) is 0 Å². The number of hydrogen-bond acceptors (Lipinski definition) is 5. The summed E-state index contributed by atoms with van der Waals surface area (Å²) in [5, 5.41) is 0.764. The second kappa shape index (κ2) is 8.88. The van der Waals surface area contributed by atoms with Crippen molar-refractivity contribution in [3.63, 3.8) is 0 Å². The van der Waals surface area contributed by atoms with Crippen LogP contribution in [0.3, 0.4) is 0 Å². The van der Waals surface area contributed by atoms with Gasteiger partial charge in [-0.2, -0.15) is 0 Å². The van der Waals surface area contributed by atoms with Crippen LogP contribution in [-0.4, -0.2) is 5.97 Å². The second-order valence-corrected chi connectivity index (χ2v) is 7.35. The zero-order valence-electron chi connectivity index (χ0n) is 17.4. The first-order chi connectivity index (χ1) is 15.0. The van der Waals surface area contributed by atoms with Crippen LogP contribution in [-0.2, 0) is 18.0 Å². The Kier molecular flexibility index (Phi) is 5.85. The maximum absolute atomic E-state index is 12.5. The Hall–Kier alpha value is -3.86. The molecule has 0 fully saturated rings. The summed E-state index contributed by atoms with van der Waals surface area (Å²) in [5.41, 5.74) is 4.08. The molecule has 0 bridgehead atoms. The average molecular weight is 414 g/mol. The van der Waals surface area contributed by atoms with Gasteiger partial charge in [0, 0.05) is 17.0 Å². The predicted molar refractivity (Wildman–Crippen MR) is 118 cm³/mol. The topological polar surface area (TPSA) is 65.7 Å². The highest BCUT2D eigenvalue weighted by atomic mass is 16.5. The lowest BCUT2D eigenvalue weighted by Gasteiger charge is -2.10. The first-order valence-corrected chi connectivity index (χ1v) is 9.98. The zero-order valence-corrected chi connectivity index (χ0v) is 17.4. The van der Waals surface area contributed by atoms with Crippen molar-refractivity contribution < 1.29 is 18.7 Å². The number of carbonyl (C=O) groups is 1. The molecule has 3 aromatic carbocycles. The Balaban J connectivity index is 1.43. The van der Waals surface area contributed by atoms with Gasteiger partial charge < -0.3 is 13.9 Å². The van der Waals surface area contributed by atoms with Crippen molar-refractivity contribution in [3.8, 4) is 5.75 Å². The number of hydrogen-bond donors (Lipinski definition) is 0. The molecule has 1 aromatic heterocycles. The summed E-state index contributed by atoms with van der Waals surface area (Å²) in [7, 11) is 0. The van der Waals surface area contributed by atoms with Gasteiger partial charge in [0.1, 0.15) is 24.5 Å². The molecule has 0 amide bonds. The van der Waals surface area contributed by atoms with E-state index in [4.69, 9.17) is 13.9 Å². The third-order valence-electron chi connectivity index (χ3n) is 5.21. The molecule has 4 aromatic rings. The molecule has 5 nitrogen and oxygen atoms in total. The molecule has 0 radical (unpaired) electrons. The first-order valence-electron chi connectivity index (χ1n) is 9.98. The fourth-order valence-corrected chi connectivity index (χ4v) is 3.30. The van der Waals surface area contributed by atoms with Crippen LogP contribution in [0.2, 0.25) is 0 Å². The molecule has 0 saturated heterocycles. The van der Waals surface area contributed by atoms with Gasteiger partial charge in [0.15, 0.2) is 0 Å². The lowest BCUT2D eigenvalue weighted by Crippen LogP contribution is -2.08. The van der Waals surface area contributed by atoms with Gasteiger partial charge in [0.2, 0.25) is 0 Å². The number of fused-ring (bicyclic) bond motifs is 1. The van der Waals surface area contributed by atoms with Crippen LogP contribution in [0.1, 0.15) is 32.6 Å². The van der Waals surface area contributed by atoms with E-state index in [9.17, 15) is 9.59 Å². The van der Waals surface area contributed by atoms with E-state index in [1.165, 1.54) is 6.07 Å². The molecule has 156 valence electrons. The van der Waals surface area contributed by atoms with E-state index in [-0.39, 0.29) is 6.61 Å². The van der Waals surface area contributed by atoms with Gasteiger partial charge in [-0.05, 0) is 54.8 Å². The fraction of sp³-hybridized carbons (Fsp3) is 0.154. The third kappa shape index (κ3) is 4.67. The second-order valence-electron chi connectivity index (χ2n) is 7.35. The maximum atomic E-state index is 12.5. The quantitative estimate of drug-likeness (QED) is 0.314. The summed E-state index contributed by atoms with van der Waals surface area (Å²) in [6.45, 7) is 4.29. The molecule has 0 unspecified atom stereocenters. The number of carbonyl (C=O) groups excluding carboxylic acids is 1. The van der Waals surface area contributed by atoms with Crippen molar-refractivity contribution in [2.45, 2.75) is 27.1 Å². The van der Waals surface area contributed by atoms with Crippen molar-refractivity contribution in [1.29, 1.82) is 0 Å². The summed E-state index contributed by atoms with van der Waals surface area (Å²) >= 11 is 0. The minimum Gasteiger partial charge on any atom is -0.489 e. The smallest absolute Gasteiger partial charge is 0.338 e. The number of rotatable bonds is 6. The minimum atomic E-state index is -0.472. The Labute approximate surface area is 179 Å². The van der Waals surface area contributed by atoms with Gasteiger partial charge in [-0.1, -0.05) is 42.5 Å². The standard InChI is InChI=1S/C26H22O5/c1-17-8-13-23-21(14-24(27)31-25(23)18(17)2)16-30-26(28)20-9-11-22(12-10-20)29-15-19-6-4-3-5-7-19/h3-14H,15-16H2,1-2H3. The Morgan fingerprint density at radius 3 is 2.39 bits per heavy atom. The molecule has 0 saturated carbocycles. The number of aryl methyl sites for hydroxylation is 2. The van der Waals surface area contributed by atoms with Crippen molar-refractivity contribution in [3.05, 3.63) is 111 Å². The molecule has 4 rings (SSSR count). The van der Waals surface area contributed by atoms with Crippen LogP contribution < -0.4 is 10.4 Å². The minimum absolute atomic E-state index is 0.0182. The SMILES string of the molecule is Cc1ccc2c(COC(=O)c3ccc(OCc4ccccc4)cc3)cc(=O)oc2c1C. The molecule has 0 aliphatic carbocycles. The van der Waals surface area contributed by atoms with Gasteiger partial charge >= 0.3 is 11.6 Å². The van der Waals surface area contributed by atoms with Crippen LogP contribution in [0.25, 0.3) is 11.0 Å². The summed E-state index contributed by atoms with van der Waals surface area (Å²) in [6.07, 6.45) is 0. The average Bonchev–Trinajstić information content (AvgIpc) is 2.79. The molecule has 0 aliphatic rings. The molecular formula is C26H22O5. The van der Waals surface area contributed by atoms with E-state index < -0.39 is 11.6 Å². The zero-order chi connectivity index (χ0) is 21.8. The molecule has 0 spiro atoms. The van der Waals surface area contributed by atoms with E-state index >= 15 is 0 Å². The first kappa shape index (κ1) is 20.4. The van der Waals surface area contributed by atoms with E-state index in [1.807, 2.05) is 56.3 Å². The molecule has 31 heavy (non-hydrogen) atoms. The number of benzene rings is 3. The van der Waals surface area contributed by atoms with E-state index in [0.29, 0.717) is 29.1 Å². The van der Waals surface area contributed by atoms with Crippen LogP contribution in [0.5, 0.6) is 5.75 Å². The van der Waals surface area contributed by atoms with Crippen LogP contribution >= 0.6 is 0 Å². The van der Waals surface area contributed by atoms with Gasteiger partial charge in [-0.15, -0.1) is 0 Å². The monoisotopic (exact) mass is 414 g/mol. The molecule has 0 N–H and O–H groups in total. The van der Waals surface area contributed by atoms with E-state index in [0.717, 1.165) is 22.1 Å². The van der Waals surface area contributed by atoms with Crippen molar-refractivity contribution in [2.24, 2.45) is 0 Å². The highest BCUT2D eigenvalue weighted by Crippen LogP contribution is 2.24. The normalized spacial score (nSPS) is 10.8. The molecule has 5 heteroatoms. The van der Waals surface area contributed by atoms with Crippen molar-refractivity contribution in [2.75, 3.05) is 0 Å². The lowest BCUT2D eigenvalue weighted by atomic mass is 10.0. The summed E-state index contributed by atoms with van der Waals surface area (Å²) in [4.78, 5) is 24.4. The van der Waals surface area contributed by atoms with Crippen LogP contribution in [0.15, 0.2) is 82.0 Å². The van der Waals surface area contributed by atoms with Gasteiger partial charge in [0.05, 0.1) is 5.56 Å². The highest BCUT2D eigenvalue weighted by Gasteiger charge is 2.13. The van der Waals surface area contributed by atoms with Gasteiger partial charge in [-0.25, -0.2) is 9.59 Å². The van der Waals surface area contributed by atoms with Crippen molar-refractivity contribution >= 4 is 16.9 Å². The maximum Gasteiger partial charge on any atom is 0.338 e. The number of ether oxygens (including phenoxy) is 2.